The quantitative estimate of drug-likeness (QED) is 0.343. The van der Waals surface area contributed by atoms with Crippen molar-refractivity contribution < 1.29 is 28.5 Å². The van der Waals surface area contributed by atoms with Crippen LogP contribution in [0.4, 0.5) is 0 Å². The summed E-state index contributed by atoms with van der Waals surface area (Å²) in [7, 11) is 0. The Morgan fingerprint density at radius 1 is 0.704 bits per heavy atom. The smallest absolute Gasteiger partial charge is 0.261 e. The number of amides is 2. The van der Waals surface area contributed by atoms with Crippen molar-refractivity contribution in [3.05, 3.63) is 35.4 Å². The number of carbonyl (C=O) groups excluding carboxylic acids is 2. The van der Waals surface area contributed by atoms with Crippen LogP contribution in [-0.2, 0) is 18.9 Å². The average molecular weight is 379 g/mol. The van der Waals surface area contributed by atoms with Crippen LogP contribution in [0, 0.1) is 0 Å². The lowest BCUT2D eigenvalue weighted by molar-refractivity contribution is -0.00343. The summed E-state index contributed by atoms with van der Waals surface area (Å²) in [5.41, 5.74) is 0.920. The number of nitrogens with zero attached hydrogens (tertiary/aromatic N) is 1. The third-order valence-electron chi connectivity index (χ3n) is 4.10. The van der Waals surface area contributed by atoms with Crippen LogP contribution >= 0.6 is 0 Å². The minimum absolute atomic E-state index is 0.244. The normalized spacial score (nSPS) is 13.4. The molecule has 0 bridgehead atoms. The van der Waals surface area contributed by atoms with E-state index in [1.54, 1.807) is 24.3 Å². The van der Waals surface area contributed by atoms with Gasteiger partial charge in [-0.15, -0.1) is 0 Å². The van der Waals surface area contributed by atoms with Gasteiger partial charge in [0.25, 0.3) is 11.8 Å². The maximum absolute atomic E-state index is 12.2. The molecule has 0 aliphatic carbocycles. The number of imide groups is 1. The summed E-state index contributed by atoms with van der Waals surface area (Å²) in [5.74, 6) is -0.516. The number of unbranched alkanes of at least 4 members (excludes halogenated alkanes) is 1. The summed E-state index contributed by atoms with van der Waals surface area (Å²) < 4.78 is 21.6. The van der Waals surface area contributed by atoms with Crippen molar-refractivity contribution in [3.8, 4) is 0 Å². The van der Waals surface area contributed by atoms with Gasteiger partial charge >= 0.3 is 0 Å². The van der Waals surface area contributed by atoms with E-state index in [4.69, 9.17) is 18.9 Å². The van der Waals surface area contributed by atoms with E-state index in [-0.39, 0.29) is 18.4 Å². The van der Waals surface area contributed by atoms with Gasteiger partial charge in [0.1, 0.15) is 0 Å². The number of hydrogen-bond acceptors (Lipinski definition) is 6. The first-order valence-electron chi connectivity index (χ1n) is 9.52. The van der Waals surface area contributed by atoms with Gasteiger partial charge in [0.15, 0.2) is 0 Å². The first-order chi connectivity index (χ1) is 13.3. The molecule has 1 aliphatic rings. The zero-order chi connectivity index (χ0) is 19.3. The van der Waals surface area contributed by atoms with Crippen molar-refractivity contribution in [1.29, 1.82) is 0 Å². The topological polar surface area (TPSA) is 74.3 Å². The highest BCUT2D eigenvalue weighted by atomic mass is 16.6. The number of hydrogen-bond donors (Lipinski definition) is 0. The summed E-state index contributed by atoms with van der Waals surface area (Å²) in [6.07, 6.45) is 2.21. The molecular weight excluding hydrogens is 350 g/mol. The standard InChI is InChI=1S/C20H29NO6/c1-2-3-9-24-11-13-26-15-16-27-14-12-25-10-8-21-19(22)17-6-4-5-7-18(17)20(21)23/h4-7H,2-3,8-16H2,1H3. The van der Waals surface area contributed by atoms with Gasteiger partial charge in [-0.25, -0.2) is 0 Å². The average Bonchev–Trinajstić information content (AvgIpc) is 2.93. The Bertz CT molecular complexity index is 557. The molecule has 0 aromatic heterocycles. The molecule has 7 nitrogen and oxygen atoms in total. The molecular formula is C20H29NO6. The second-order valence-electron chi connectivity index (χ2n) is 6.11. The monoisotopic (exact) mass is 379 g/mol. The van der Waals surface area contributed by atoms with Crippen LogP contribution in [0.1, 0.15) is 40.5 Å². The Labute approximate surface area is 160 Å². The van der Waals surface area contributed by atoms with Crippen LogP contribution in [0.5, 0.6) is 0 Å². The Balaban J connectivity index is 1.43. The van der Waals surface area contributed by atoms with Crippen molar-refractivity contribution in [2.24, 2.45) is 0 Å². The van der Waals surface area contributed by atoms with E-state index in [1.807, 2.05) is 0 Å². The van der Waals surface area contributed by atoms with Gasteiger partial charge < -0.3 is 18.9 Å². The molecule has 0 radical (unpaired) electrons. The molecule has 0 fully saturated rings. The number of rotatable bonds is 15. The van der Waals surface area contributed by atoms with Crippen LogP contribution in [0.2, 0.25) is 0 Å². The van der Waals surface area contributed by atoms with E-state index in [9.17, 15) is 9.59 Å². The second-order valence-corrected chi connectivity index (χ2v) is 6.11. The van der Waals surface area contributed by atoms with Gasteiger partial charge in [-0.2, -0.15) is 0 Å². The Hall–Kier alpha value is -1.80. The molecule has 1 aromatic carbocycles. The summed E-state index contributed by atoms with van der Waals surface area (Å²) in [6.45, 7) is 6.50. The molecule has 2 amide bonds. The molecule has 0 N–H and O–H groups in total. The minimum atomic E-state index is -0.258. The molecule has 0 spiro atoms. The highest BCUT2D eigenvalue weighted by Crippen LogP contribution is 2.21. The van der Waals surface area contributed by atoms with Gasteiger partial charge in [-0.3, -0.25) is 14.5 Å². The van der Waals surface area contributed by atoms with E-state index in [0.717, 1.165) is 19.4 Å². The SMILES string of the molecule is CCCCOCCOCCOCCOCCN1C(=O)c2ccccc2C1=O. The third kappa shape index (κ3) is 7.03. The van der Waals surface area contributed by atoms with Crippen LogP contribution in [-0.4, -0.2) is 76.1 Å². The maximum atomic E-state index is 12.2. The number of fused-ring (bicyclic) bond motifs is 1. The van der Waals surface area contributed by atoms with Crippen molar-refractivity contribution in [1.82, 2.24) is 4.90 Å². The Kier molecular flexibility index (Phi) is 10.0. The maximum Gasteiger partial charge on any atom is 0.261 e. The van der Waals surface area contributed by atoms with Crippen molar-refractivity contribution in [2.75, 3.05) is 59.4 Å². The summed E-state index contributed by atoms with van der Waals surface area (Å²) in [5, 5.41) is 0. The van der Waals surface area contributed by atoms with Crippen molar-refractivity contribution in [3.63, 3.8) is 0 Å². The Morgan fingerprint density at radius 2 is 1.15 bits per heavy atom. The molecule has 1 heterocycles. The first-order valence-corrected chi connectivity index (χ1v) is 9.52. The largest absolute Gasteiger partial charge is 0.379 e. The molecule has 0 unspecified atom stereocenters. The fourth-order valence-corrected chi connectivity index (χ4v) is 2.61. The molecule has 1 aliphatic heterocycles. The molecule has 0 saturated carbocycles. The molecule has 150 valence electrons. The lowest BCUT2D eigenvalue weighted by Crippen LogP contribution is -2.33. The summed E-state index contributed by atoms with van der Waals surface area (Å²) >= 11 is 0. The fourth-order valence-electron chi connectivity index (χ4n) is 2.61. The fraction of sp³-hybridized carbons (Fsp3) is 0.600. The van der Waals surface area contributed by atoms with Gasteiger partial charge in [0, 0.05) is 6.61 Å². The van der Waals surface area contributed by atoms with Crippen molar-refractivity contribution >= 4 is 11.8 Å². The zero-order valence-electron chi connectivity index (χ0n) is 16.0. The number of carbonyl (C=O) groups is 2. The molecule has 2 rings (SSSR count). The van der Waals surface area contributed by atoms with Gasteiger partial charge in [0.2, 0.25) is 0 Å². The van der Waals surface area contributed by atoms with E-state index in [0.29, 0.717) is 57.4 Å². The first kappa shape index (κ1) is 21.5. The van der Waals surface area contributed by atoms with Gasteiger partial charge in [-0.1, -0.05) is 25.5 Å². The highest BCUT2D eigenvalue weighted by molar-refractivity contribution is 6.21. The van der Waals surface area contributed by atoms with Gasteiger partial charge in [0.05, 0.1) is 63.9 Å². The molecule has 0 atom stereocenters. The van der Waals surface area contributed by atoms with Crippen LogP contribution in [0.15, 0.2) is 24.3 Å². The number of benzene rings is 1. The van der Waals surface area contributed by atoms with Crippen LogP contribution < -0.4 is 0 Å². The lowest BCUT2D eigenvalue weighted by Gasteiger charge is -2.13. The third-order valence-corrected chi connectivity index (χ3v) is 4.10. The number of ether oxygens (including phenoxy) is 4. The van der Waals surface area contributed by atoms with Gasteiger partial charge in [-0.05, 0) is 18.6 Å². The predicted molar refractivity (Wildman–Crippen MR) is 100.0 cm³/mol. The minimum Gasteiger partial charge on any atom is -0.379 e. The lowest BCUT2D eigenvalue weighted by atomic mass is 10.1. The van der Waals surface area contributed by atoms with E-state index in [2.05, 4.69) is 6.92 Å². The summed E-state index contributed by atoms with van der Waals surface area (Å²) in [4.78, 5) is 25.6. The van der Waals surface area contributed by atoms with Crippen LogP contribution in [0.25, 0.3) is 0 Å². The van der Waals surface area contributed by atoms with Crippen molar-refractivity contribution in [2.45, 2.75) is 19.8 Å². The molecule has 1 aromatic rings. The molecule has 27 heavy (non-hydrogen) atoms. The zero-order valence-corrected chi connectivity index (χ0v) is 16.0. The predicted octanol–water partition coefficient (Wildman–Crippen LogP) is 2.15. The summed E-state index contributed by atoms with van der Waals surface area (Å²) in [6, 6.07) is 6.85. The Morgan fingerprint density at radius 3 is 1.63 bits per heavy atom. The highest BCUT2D eigenvalue weighted by Gasteiger charge is 2.34. The second kappa shape index (κ2) is 12.6. The molecule has 0 saturated heterocycles. The molecule has 7 heteroatoms. The van der Waals surface area contributed by atoms with E-state index >= 15 is 0 Å². The van der Waals surface area contributed by atoms with Crippen LogP contribution in [0.3, 0.4) is 0 Å². The van der Waals surface area contributed by atoms with E-state index < -0.39 is 0 Å². The van der Waals surface area contributed by atoms with E-state index in [1.165, 1.54) is 4.90 Å².